The number of nitrogens with one attached hydrogen (secondary N) is 3. The molecule has 2 amide bonds. The first-order chi connectivity index (χ1) is 19.8. The fourth-order valence-corrected chi connectivity index (χ4v) is 5.21. The minimum Gasteiger partial charge on any atom is -0.383 e. The van der Waals surface area contributed by atoms with Gasteiger partial charge in [-0.1, -0.05) is 12.1 Å². The summed E-state index contributed by atoms with van der Waals surface area (Å²) in [6.07, 6.45) is 1.58. The highest BCUT2D eigenvalue weighted by atomic mass is 16.5. The van der Waals surface area contributed by atoms with Crippen molar-refractivity contribution in [1.82, 2.24) is 15.8 Å². The van der Waals surface area contributed by atoms with Gasteiger partial charge in [0.2, 0.25) is 5.91 Å². The van der Waals surface area contributed by atoms with Crippen LogP contribution in [0.1, 0.15) is 29.8 Å². The molecule has 216 valence electrons. The normalized spacial score (nSPS) is 20.1. The quantitative estimate of drug-likeness (QED) is 0.455. The molecule has 2 aromatic carbocycles. The summed E-state index contributed by atoms with van der Waals surface area (Å²) in [6.45, 7) is 9.69. The molecular weight excluding hydrogens is 522 g/mol. The minimum atomic E-state index is -0.344. The molecule has 3 N–H and O–H groups in total. The Morgan fingerprint density at radius 3 is 2.78 bits per heavy atom. The van der Waals surface area contributed by atoms with E-state index < -0.39 is 0 Å². The fourth-order valence-electron chi connectivity index (χ4n) is 5.21. The lowest BCUT2D eigenvalue weighted by atomic mass is 10.0. The van der Waals surface area contributed by atoms with Gasteiger partial charge in [-0.05, 0) is 62.2 Å². The number of hydrogen-bond donors (Lipinski definition) is 3. The number of carbonyl (C=O) groups is 2. The highest BCUT2D eigenvalue weighted by Crippen LogP contribution is 2.32. The van der Waals surface area contributed by atoms with E-state index in [1.165, 1.54) is 0 Å². The van der Waals surface area contributed by atoms with Crippen molar-refractivity contribution in [2.24, 2.45) is 15.9 Å². The second kappa shape index (κ2) is 12.5. The molecule has 0 aliphatic carbocycles. The molecule has 11 heteroatoms. The first-order valence-electron chi connectivity index (χ1n) is 13.8. The average Bonchev–Trinajstić information content (AvgIpc) is 3.32. The minimum absolute atomic E-state index is 0.0614. The van der Waals surface area contributed by atoms with Crippen molar-refractivity contribution >= 4 is 41.1 Å². The number of ether oxygens (including phenoxy) is 2. The van der Waals surface area contributed by atoms with Crippen LogP contribution in [0.15, 0.2) is 63.7 Å². The van der Waals surface area contributed by atoms with Crippen LogP contribution < -0.4 is 21.0 Å². The zero-order valence-corrected chi connectivity index (χ0v) is 23.9. The smallest absolute Gasteiger partial charge is 0.255 e. The molecule has 2 aromatic rings. The summed E-state index contributed by atoms with van der Waals surface area (Å²) in [5.74, 6) is -0.0943. The molecule has 1 fully saturated rings. The number of aryl methyl sites for hydroxylation is 1. The van der Waals surface area contributed by atoms with Gasteiger partial charge in [-0.15, -0.1) is 0 Å². The number of fused-ring (bicyclic) bond motifs is 1. The molecule has 3 aliphatic rings. The summed E-state index contributed by atoms with van der Waals surface area (Å²) in [6, 6.07) is 13.2. The van der Waals surface area contributed by atoms with Gasteiger partial charge in [0.25, 0.3) is 5.91 Å². The number of nitrogens with zero attached hydrogens (tertiary/aromatic N) is 4. The van der Waals surface area contributed by atoms with E-state index in [1.54, 1.807) is 13.4 Å². The summed E-state index contributed by atoms with van der Waals surface area (Å²) in [4.78, 5) is 37.7. The maximum absolute atomic E-state index is 13.2. The molecule has 1 unspecified atom stereocenters. The number of amidine groups is 1. The van der Waals surface area contributed by atoms with Gasteiger partial charge in [0.05, 0.1) is 38.0 Å². The number of benzene rings is 2. The fraction of sp³-hybridized carbons (Fsp3) is 0.400. The van der Waals surface area contributed by atoms with Gasteiger partial charge in [-0.25, -0.2) is 9.98 Å². The topological polar surface area (TPSA) is 120 Å². The van der Waals surface area contributed by atoms with Crippen molar-refractivity contribution in [1.29, 1.82) is 0 Å². The highest BCUT2D eigenvalue weighted by Gasteiger charge is 2.37. The Labute approximate surface area is 240 Å². The van der Waals surface area contributed by atoms with E-state index in [-0.39, 0.29) is 23.8 Å². The summed E-state index contributed by atoms with van der Waals surface area (Å²) >= 11 is 0. The summed E-state index contributed by atoms with van der Waals surface area (Å²) < 4.78 is 10.6. The molecule has 0 bridgehead atoms. The summed E-state index contributed by atoms with van der Waals surface area (Å²) in [5.41, 5.74) is 8.62. The van der Waals surface area contributed by atoms with Crippen LogP contribution in [-0.2, 0) is 14.3 Å². The molecule has 11 nitrogen and oxygen atoms in total. The van der Waals surface area contributed by atoms with E-state index >= 15 is 0 Å². The van der Waals surface area contributed by atoms with Crippen LogP contribution in [0.3, 0.4) is 0 Å². The Balaban J connectivity index is 1.35. The predicted octanol–water partition coefficient (Wildman–Crippen LogP) is 3.02. The SMILES string of the molecule is COC[C@H](C)NC(=O)C1CN2NC=NC(=Nc3cc(NC(=O)c4cccc(N5CCOCC5)c4)ccc3C)C2=C1C. The number of morpholine rings is 1. The number of hydrazine groups is 1. The van der Waals surface area contributed by atoms with Gasteiger partial charge in [0.1, 0.15) is 12.0 Å². The lowest BCUT2D eigenvalue weighted by Crippen LogP contribution is -2.44. The lowest BCUT2D eigenvalue weighted by molar-refractivity contribution is -0.124. The Morgan fingerprint density at radius 1 is 1.20 bits per heavy atom. The molecule has 2 atom stereocenters. The third-order valence-corrected chi connectivity index (χ3v) is 7.44. The Bertz CT molecular complexity index is 1400. The number of carbonyl (C=O) groups excluding carboxylic acids is 2. The van der Waals surface area contributed by atoms with E-state index in [0.717, 1.165) is 35.6 Å². The van der Waals surface area contributed by atoms with Gasteiger partial charge in [-0.2, -0.15) is 0 Å². The third-order valence-electron chi connectivity index (χ3n) is 7.44. The van der Waals surface area contributed by atoms with Gasteiger partial charge in [0, 0.05) is 43.2 Å². The number of aliphatic imine (C=N–C) groups is 2. The molecule has 5 rings (SSSR count). The number of methoxy groups -OCH3 is 1. The number of hydrogen-bond acceptors (Lipinski definition) is 8. The van der Waals surface area contributed by atoms with Crippen LogP contribution in [0.25, 0.3) is 0 Å². The molecule has 41 heavy (non-hydrogen) atoms. The Kier molecular flexibility index (Phi) is 8.65. The van der Waals surface area contributed by atoms with Crippen molar-refractivity contribution in [3.63, 3.8) is 0 Å². The van der Waals surface area contributed by atoms with E-state index in [2.05, 4.69) is 26.0 Å². The second-order valence-electron chi connectivity index (χ2n) is 10.5. The molecule has 1 saturated heterocycles. The van der Waals surface area contributed by atoms with E-state index in [4.69, 9.17) is 14.5 Å². The number of anilines is 2. The summed E-state index contributed by atoms with van der Waals surface area (Å²) in [7, 11) is 1.61. The second-order valence-corrected chi connectivity index (χ2v) is 10.5. The predicted molar refractivity (Wildman–Crippen MR) is 160 cm³/mol. The van der Waals surface area contributed by atoms with Crippen LogP contribution in [-0.4, -0.2) is 81.6 Å². The molecule has 3 aliphatic heterocycles. The van der Waals surface area contributed by atoms with Gasteiger partial charge < -0.3 is 25.0 Å². The molecule has 0 saturated carbocycles. The van der Waals surface area contributed by atoms with Crippen LogP contribution in [0.5, 0.6) is 0 Å². The molecular formula is C30H37N7O4. The van der Waals surface area contributed by atoms with Crippen molar-refractivity contribution < 1.29 is 19.1 Å². The van der Waals surface area contributed by atoms with Crippen molar-refractivity contribution in [2.45, 2.75) is 26.8 Å². The monoisotopic (exact) mass is 559 g/mol. The maximum atomic E-state index is 13.2. The van der Waals surface area contributed by atoms with E-state index in [0.29, 0.717) is 49.1 Å². The van der Waals surface area contributed by atoms with Crippen molar-refractivity contribution in [3.05, 3.63) is 64.9 Å². The van der Waals surface area contributed by atoms with Crippen LogP contribution >= 0.6 is 0 Å². The van der Waals surface area contributed by atoms with E-state index in [1.807, 2.05) is 68.2 Å². The summed E-state index contributed by atoms with van der Waals surface area (Å²) in [5, 5.41) is 7.92. The maximum Gasteiger partial charge on any atom is 0.255 e. The largest absolute Gasteiger partial charge is 0.383 e. The Hall–Kier alpha value is -4.22. The molecule has 3 heterocycles. The average molecular weight is 560 g/mol. The standard InChI is InChI=1S/C30H37N7O4/c1-19-8-9-23(34-29(38)22-6-5-7-24(14-22)36-10-12-41-13-11-36)15-26(19)35-28-27-21(3)25(16-37(27)32-18-31-28)30(39)33-20(2)17-40-4/h5-9,14-15,18,20,25H,10-13,16-17H2,1-4H3,(H,33,39)(H,34,38)(H,31,32,35)/t20-,25?/m0/s1. The molecule has 0 aromatic heterocycles. The zero-order valence-electron chi connectivity index (χ0n) is 23.9. The first kappa shape index (κ1) is 28.3. The van der Waals surface area contributed by atoms with Crippen molar-refractivity contribution in [3.8, 4) is 0 Å². The first-order valence-corrected chi connectivity index (χ1v) is 13.8. The van der Waals surface area contributed by atoms with Crippen molar-refractivity contribution in [2.75, 3.05) is 56.8 Å². The van der Waals surface area contributed by atoms with Crippen LogP contribution in [0.4, 0.5) is 17.1 Å². The van der Waals surface area contributed by atoms with Gasteiger partial charge in [-0.3, -0.25) is 20.0 Å². The number of amides is 2. The van der Waals surface area contributed by atoms with Crippen LogP contribution in [0.2, 0.25) is 0 Å². The van der Waals surface area contributed by atoms with Gasteiger partial charge >= 0.3 is 0 Å². The van der Waals surface area contributed by atoms with Crippen LogP contribution in [0, 0.1) is 12.8 Å². The molecule has 0 spiro atoms. The molecule has 0 radical (unpaired) electrons. The number of rotatable bonds is 8. The zero-order chi connectivity index (χ0) is 28.9. The van der Waals surface area contributed by atoms with Gasteiger partial charge in [0.15, 0.2) is 5.84 Å². The Morgan fingerprint density at radius 2 is 2.00 bits per heavy atom. The van der Waals surface area contributed by atoms with E-state index in [9.17, 15) is 9.59 Å². The third kappa shape index (κ3) is 6.41. The lowest BCUT2D eigenvalue weighted by Gasteiger charge is -2.29. The highest BCUT2D eigenvalue weighted by molar-refractivity contribution is 6.07.